The normalized spacial score (nSPS) is 11.7. The second kappa shape index (κ2) is 7.06. The van der Waals surface area contributed by atoms with Crippen molar-refractivity contribution >= 4 is 34.2 Å². The van der Waals surface area contributed by atoms with Gasteiger partial charge in [0.05, 0.1) is 24.0 Å². The lowest BCUT2D eigenvalue weighted by molar-refractivity contribution is 0.387. The molecular weight excluding hydrogens is 344 g/mol. The summed E-state index contributed by atoms with van der Waals surface area (Å²) in [6.45, 7) is 0. The van der Waals surface area contributed by atoms with E-state index in [0.29, 0.717) is 11.0 Å². The Morgan fingerprint density at radius 1 is 0.885 bits per heavy atom. The lowest BCUT2D eigenvalue weighted by Crippen LogP contribution is -2.14. The molecule has 26 heavy (non-hydrogen) atoms. The van der Waals surface area contributed by atoms with Gasteiger partial charge < -0.3 is 4.74 Å². The predicted molar refractivity (Wildman–Crippen MR) is 108 cm³/mol. The van der Waals surface area contributed by atoms with Crippen molar-refractivity contribution < 1.29 is 4.74 Å². The molecule has 0 aliphatic rings. The number of hydrogen-bond donors (Lipinski definition) is 0. The van der Waals surface area contributed by atoms with Gasteiger partial charge in [0, 0.05) is 10.4 Å². The molecule has 0 spiro atoms. The zero-order valence-electron chi connectivity index (χ0n) is 14.3. The first-order chi connectivity index (χ1) is 12.8. The van der Waals surface area contributed by atoms with E-state index in [1.165, 1.54) is 0 Å². The van der Waals surface area contributed by atoms with Crippen molar-refractivity contribution in [2.75, 3.05) is 7.11 Å². The minimum Gasteiger partial charge on any atom is -0.468 e. The molecule has 4 aromatic rings. The molecule has 0 amide bonds. The minimum atomic E-state index is 0.507. The van der Waals surface area contributed by atoms with E-state index in [2.05, 4.69) is 30.3 Å². The Labute approximate surface area is 157 Å². The summed E-state index contributed by atoms with van der Waals surface area (Å²) in [5.41, 5.74) is 3.95. The van der Waals surface area contributed by atoms with Gasteiger partial charge in [0.25, 0.3) is 0 Å². The highest BCUT2D eigenvalue weighted by Crippen LogP contribution is 2.29. The molecule has 0 aliphatic carbocycles. The number of nitrogens with zero attached hydrogens (tertiary/aromatic N) is 2. The molecule has 0 radical (unpaired) electrons. The van der Waals surface area contributed by atoms with Crippen molar-refractivity contribution in [3.05, 3.63) is 90.0 Å². The molecule has 3 aromatic carbocycles. The number of benzene rings is 3. The quantitative estimate of drug-likeness (QED) is 0.311. The second-order valence-electron chi connectivity index (χ2n) is 5.86. The number of fused-ring (bicyclic) bond motifs is 1. The molecule has 0 unspecified atom stereocenters. The Morgan fingerprint density at radius 3 is 2.31 bits per heavy atom. The molecule has 0 aliphatic heterocycles. The first-order valence-electron chi connectivity index (χ1n) is 8.31. The maximum Gasteiger partial charge on any atom is 0.301 e. The monoisotopic (exact) mass is 360 g/mol. The van der Waals surface area contributed by atoms with Crippen LogP contribution in [-0.4, -0.2) is 17.7 Å². The third kappa shape index (κ3) is 3.09. The minimum absolute atomic E-state index is 0.507. The van der Waals surface area contributed by atoms with Crippen LogP contribution in [0.5, 0.6) is 0 Å². The smallest absolute Gasteiger partial charge is 0.301 e. The highest BCUT2D eigenvalue weighted by molar-refractivity contribution is 6.30. The van der Waals surface area contributed by atoms with Gasteiger partial charge in [0.15, 0.2) is 0 Å². The average molecular weight is 361 g/mol. The van der Waals surface area contributed by atoms with Gasteiger partial charge in [-0.3, -0.25) is 4.57 Å². The highest BCUT2D eigenvalue weighted by atomic mass is 35.5. The van der Waals surface area contributed by atoms with Gasteiger partial charge in [-0.25, -0.2) is 0 Å². The molecule has 3 nitrogen and oxygen atoms in total. The van der Waals surface area contributed by atoms with Crippen LogP contribution in [-0.2, 0) is 4.74 Å². The molecule has 0 saturated heterocycles. The Kier molecular flexibility index (Phi) is 4.46. The third-order valence-corrected chi connectivity index (χ3v) is 4.46. The number of methoxy groups -OCH3 is 1. The largest absolute Gasteiger partial charge is 0.468 e. The van der Waals surface area contributed by atoms with E-state index in [0.717, 1.165) is 27.8 Å². The van der Waals surface area contributed by atoms with Crippen LogP contribution in [0.25, 0.3) is 22.2 Å². The van der Waals surface area contributed by atoms with Crippen molar-refractivity contribution in [2.45, 2.75) is 0 Å². The van der Waals surface area contributed by atoms with Crippen molar-refractivity contribution in [1.82, 2.24) is 4.57 Å². The van der Waals surface area contributed by atoms with Gasteiger partial charge >= 0.3 is 6.02 Å². The lowest BCUT2D eigenvalue weighted by Gasteiger charge is -2.12. The summed E-state index contributed by atoms with van der Waals surface area (Å²) in [6, 6.07) is 28.5. The van der Waals surface area contributed by atoms with E-state index < -0.39 is 0 Å². The van der Waals surface area contributed by atoms with Crippen LogP contribution in [0.2, 0.25) is 5.02 Å². The third-order valence-electron chi connectivity index (χ3n) is 4.21. The summed E-state index contributed by atoms with van der Waals surface area (Å²) in [7, 11) is 1.64. The maximum atomic E-state index is 5.98. The lowest BCUT2D eigenvalue weighted by atomic mass is 10.1. The van der Waals surface area contributed by atoms with Gasteiger partial charge in [-0.1, -0.05) is 60.1 Å². The molecule has 1 heterocycles. The Bertz CT molecular complexity index is 1070. The van der Waals surface area contributed by atoms with Gasteiger partial charge in [-0.05, 0) is 42.0 Å². The van der Waals surface area contributed by atoms with Crippen LogP contribution in [0.4, 0.5) is 5.69 Å². The molecule has 1 aromatic heterocycles. The topological polar surface area (TPSA) is 26.5 Å². The van der Waals surface area contributed by atoms with E-state index in [1.54, 1.807) is 7.11 Å². The van der Waals surface area contributed by atoms with Crippen molar-refractivity contribution in [3.63, 3.8) is 0 Å². The predicted octanol–water partition coefficient (Wildman–Crippen LogP) is 6.14. The summed E-state index contributed by atoms with van der Waals surface area (Å²) in [4.78, 5) is 4.70. The van der Waals surface area contributed by atoms with E-state index in [-0.39, 0.29) is 0 Å². The molecular formula is C22H17ClN2O. The zero-order chi connectivity index (χ0) is 17.9. The van der Waals surface area contributed by atoms with E-state index in [1.807, 2.05) is 59.2 Å². The second-order valence-corrected chi connectivity index (χ2v) is 6.30. The maximum absolute atomic E-state index is 5.98. The van der Waals surface area contributed by atoms with Gasteiger partial charge in [-0.15, -0.1) is 0 Å². The van der Waals surface area contributed by atoms with Crippen LogP contribution in [0.1, 0.15) is 0 Å². The van der Waals surface area contributed by atoms with Gasteiger partial charge in [0.1, 0.15) is 0 Å². The van der Waals surface area contributed by atoms with Crippen molar-refractivity contribution in [3.8, 4) is 11.3 Å². The standard InChI is InChI=1S/C22H17ClN2O/c1-26-22(24-19-13-11-18(23)12-14-19)25-20-10-6-5-9-17(20)15-21(25)16-7-3-2-4-8-16/h2-15H,1H3. The summed E-state index contributed by atoms with van der Waals surface area (Å²) >= 11 is 5.98. The number of aromatic nitrogens is 1. The molecule has 0 atom stereocenters. The molecule has 0 bridgehead atoms. The summed E-state index contributed by atoms with van der Waals surface area (Å²) in [6.07, 6.45) is 0. The summed E-state index contributed by atoms with van der Waals surface area (Å²) in [5.74, 6) is 0. The number of rotatable bonds is 2. The van der Waals surface area contributed by atoms with Crippen molar-refractivity contribution in [1.29, 1.82) is 0 Å². The fourth-order valence-corrected chi connectivity index (χ4v) is 3.12. The van der Waals surface area contributed by atoms with Crippen LogP contribution in [0.15, 0.2) is 89.9 Å². The average Bonchev–Trinajstić information content (AvgIpc) is 3.08. The molecule has 4 heteroatoms. The first kappa shape index (κ1) is 16.4. The van der Waals surface area contributed by atoms with Crippen LogP contribution < -0.4 is 0 Å². The number of aliphatic imine (C=N–C) groups is 1. The Morgan fingerprint density at radius 2 is 1.58 bits per heavy atom. The molecule has 0 fully saturated rings. The Balaban J connectivity index is 1.95. The summed E-state index contributed by atoms with van der Waals surface area (Å²) < 4.78 is 7.72. The summed E-state index contributed by atoms with van der Waals surface area (Å²) in [5, 5.41) is 1.81. The van der Waals surface area contributed by atoms with Crippen LogP contribution >= 0.6 is 11.6 Å². The van der Waals surface area contributed by atoms with E-state index in [9.17, 15) is 0 Å². The Hall–Kier alpha value is -3.04. The molecule has 128 valence electrons. The number of ether oxygens (including phenoxy) is 1. The van der Waals surface area contributed by atoms with E-state index in [4.69, 9.17) is 21.3 Å². The molecule has 4 rings (SSSR count). The van der Waals surface area contributed by atoms with Crippen LogP contribution in [0, 0.1) is 0 Å². The zero-order valence-corrected chi connectivity index (χ0v) is 15.0. The SMILES string of the molecule is COC(=Nc1ccc(Cl)cc1)n1c(-c2ccccc2)cc2ccccc21. The highest BCUT2D eigenvalue weighted by Gasteiger charge is 2.15. The number of hydrogen-bond acceptors (Lipinski definition) is 2. The number of para-hydroxylation sites is 1. The van der Waals surface area contributed by atoms with Crippen molar-refractivity contribution in [2.24, 2.45) is 4.99 Å². The van der Waals surface area contributed by atoms with Gasteiger partial charge in [-0.2, -0.15) is 4.99 Å². The molecule has 0 N–H and O–H groups in total. The fraction of sp³-hybridized carbons (Fsp3) is 0.0455. The van der Waals surface area contributed by atoms with Gasteiger partial charge in [0.2, 0.25) is 0 Å². The van der Waals surface area contributed by atoms with Crippen LogP contribution in [0.3, 0.4) is 0 Å². The first-order valence-corrected chi connectivity index (χ1v) is 8.68. The fourth-order valence-electron chi connectivity index (χ4n) is 3.00. The number of halogens is 1. The molecule has 0 saturated carbocycles. The van der Waals surface area contributed by atoms with E-state index >= 15 is 0 Å².